The molecule has 0 saturated heterocycles. The third-order valence-corrected chi connectivity index (χ3v) is 3.97. The fraction of sp³-hybridized carbons (Fsp3) is 0.286. The Hall–Kier alpha value is -2.35. The summed E-state index contributed by atoms with van der Waals surface area (Å²) < 4.78 is 1.68. The minimum Gasteiger partial charge on any atom is -0.481 e. The minimum absolute atomic E-state index is 0.0866. The first-order valence-electron chi connectivity index (χ1n) is 6.59. The smallest absolute Gasteiger partial charge is 0.313 e. The average molecular weight is 320 g/mol. The molecule has 1 atom stereocenters. The standard InChI is InChI=1S/C14H16N4O3S/c1-9(15-13(21)10-6-4-3-5-7-10)12-16-17-14(18(12)2)22-8-11(19)20/h3-7,9H,8H2,1-2H3,(H,15,21)(H,19,20)/t9-/m0/s1. The minimum atomic E-state index is -0.917. The van der Waals surface area contributed by atoms with E-state index in [1.807, 2.05) is 6.07 Å². The van der Waals surface area contributed by atoms with E-state index in [0.29, 0.717) is 16.5 Å². The molecule has 7 nitrogen and oxygen atoms in total. The van der Waals surface area contributed by atoms with Gasteiger partial charge in [-0.05, 0) is 19.1 Å². The van der Waals surface area contributed by atoms with E-state index in [0.717, 1.165) is 11.8 Å². The molecule has 0 aliphatic heterocycles. The molecule has 22 heavy (non-hydrogen) atoms. The summed E-state index contributed by atoms with van der Waals surface area (Å²) >= 11 is 1.09. The van der Waals surface area contributed by atoms with E-state index >= 15 is 0 Å². The second kappa shape index (κ2) is 7.08. The summed E-state index contributed by atoms with van der Waals surface area (Å²) in [6.45, 7) is 1.80. The molecule has 8 heteroatoms. The van der Waals surface area contributed by atoms with Gasteiger partial charge in [0.05, 0.1) is 11.8 Å². The van der Waals surface area contributed by atoms with E-state index in [4.69, 9.17) is 5.11 Å². The Labute approximate surface area is 131 Å². The molecule has 1 aromatic carbocycles. The Morgan fingerprint density at radius 2 is 2.00 bits per heavy atom. The van der Waals surface area contributed by atoms with Crippen molar-refractivity contribution in [3.05, 3.63) is 41.7 Å². The van der Waals surface area contributed by atoms with Crippen LogP contribution in [0.1, 0.15) is 29.1 Å². The van der Waals surface area contributed by atoms with Crippen LogP contribution in [0.2, 0.25) is 0 Å². The van der Waals surface area contributed by atoms with Gasteiger partial charge in [0.1, 0.15) is 0 Å². The molecular formula is C14H16N4O3S. The molecule has 0 spiro atoms. The molecular weight excluding hydrogens is 304 g/mol. The summed E-state index contributed by atoms with van der Waals surface area (Å²) in [6, 6.07) is 8.55. The van der Waals surface area contributed by atoms with Crippen molar-refractivity contribution in [1.29, 1.82) is 0 Å². The highest BCUT2D eigenvalue weighted by Crippen LogP contribution is 2.19. The Morgan fingerprint density at radius 1 is 1.32 bits per heavy atom. The van der Waals surface area contributed by atoms with E-state index < -0.39 is 5.97 Å². The van der Waals surface area contributed by atoms with Crippen LogP contribution in [0.5, 0.6) is 0 Å². The van der Waals surface area contributed by atoms with Crippen LogP contribution in [0.4, 0.5) is 0 Å². The number of amides is 1. The fourth-order valence-electron chi connectivity index (χ4n) is 1.89. The zero-order valence-electron chi connectivity index (χ0n) is 12.2. The van der Waals surface area contributed by atoms with Gasteiger partial charge in [0, 0.05) is 12.6 Å². The second-order valence-electron chi connectivity index (χ2n) is 4.64. The van der Waals surface area contributed by atoms with E-state index in [1.165, 1.54) is 0 Å². The highest BCUT2D eigenvalue weighted by molar-refractivity contribution is 7.99. The summed E-state index contributed by atoms with van der Waals surface area (Å²) in [5.74, 6) is -0.635. The molecule has 0 aliphatic carbocycles. The van der Waals surface area contributed by atoms with Crippen LogP contribution >= 0.6 is 11.8 Å². The number of aliphatic carboxylic acids is 1. The predicted molar refractivity (Wildman–Crippen MR) is 81.7 cm³/mol. The average Bonchev–Trinajstić information content (AvgIpc) is 2.87. The van der Waals surface area contributed by atoms with Gasteiger partial charge in [-0.15, -0.1) is 10.2 Å². The molecule has 0 bridgehead atoms. The quantitative estimate of drug-likeness (QED) is 0.783. The van der Waals surface area contributed by atoms with Crippen LogP contribution in [0.3, 0.4) is 0 Å². The molecule has 0 radical (unpaired) electrons. The van der Waals surface area contributed by atoms with Gasteiger partial charge in [-0.3, -0.25) is 9.59 Å². The highest BCUT2D eigenvalue weighted by atomic mass is 32.2. The number of nitrogens with zero attached hydrogens (tertiary/aromatic N) is 3. The zero-order valence-corrected chi connectivity index (χ0v) is 13.0. The maximum atomic E-state index is 12.1. The first kappa shape index (κ1) is 16.0. The normalized spacial score (nSPS) is 11.9. The zero-order chi connectivity index (χ0) is 16.1. The molecule has 0 unspecified atom stereocenters. The molecule has 1 amide bonds. The van der Waals surface area contributed by atoms with Crippen molar-refractivity contribution in [3.63, 3.8) is 0 Å². The van der Waals surface area contributed by atoms with E-state index in [2.05, 4.69) is 15.5 Å². The Kier molecular flexibility index (Phi) is 5.16. The van der Waals surface area contributed by atoms with E-state index in [9.17, 15) is 9.59 Å². The van der Waals surface area contributed by atoms with Crippen molar-refractivity contribution in [2.24, 2.45) is 7.05 Å². The number of thioether (sulfide) groups is 1. The van der Waals surface area contributed by atoms with Crippen LogP contribution in [-0.2, 0) is 11.8 Å². The molecule has 2 N–H and O–H groups in total. The summed E-state index contributed by atoms with van der Waals surface area (Å²) in [5, 5.41) is 20.0. The summed E-state index contributed by atoms with van der Waals surface area (Å²) in [4.78, 5) is 22.7. The van der Waals surface area contributed by atoms with Crippen LogP contribution in [-0.4, -0.2) is 37.5 Å². The molecule has 2 aromatic rings. The lowest BCUT2D eigenvalue weighted by Crippen LogP contribution is -2.28. The predicted octanol–water partition coefficient (Wildman–Crippen LogP) is 1.48. The molecule has 2 rings (SSSR count). The Bertz CT molecular complexity index is 672. The second-order valence-corrected chi connectivity index (χ2v) is 5.59. The number of aromatic nitrogens is 3. The SMILES string of the molecule is C[C@H](NC(=O)c1ccccc1)c1nnc(SCC(=O)O)n1C. The topological polar surface area (TPSA) is 97.1 Å². The molecule has 1 aromatic heterocycles. The maximum Gasteiger partial charge on any atom is 0.313 e. The molecule has 116 valence electrons. The first-order valence-corrected chi connectivity index (χ1v) is 7.57. The van der Waals surface area contributed by atoms with Crippen LogP contribution in [0, 0.1) is 0 Å². The van der Waals surface area contributed by atoms with Crippen LogP contribution < -0.4 is 5.32 Å². The van der Waals surface area contributed by atoms with Crippen molar-refractivity contribution >= 4 is 23.6 Å². The van der Waals surface area contributed by atoms with E-state index in [1.54, 1.807) is 42.8 Å². The van der Waals surface area contributed by atoms with Gasteiger partial charge < -0.3 is 15.0 Å². The van der Waals surface area contributed by atoms with Gasteiger partial charge in [0.2, 0.25) is 0 Å². The lowest BCUT2D eigenvalue weighted by Gasteiger charge is -2.13. The number of benzene rings is 1. The Balaban J connectivity index is 2.05. The third kappa shape index (κ3) is 3.85. The first-order chi connectivity index (χ1) is 10.5. The molecule has 1 heterocycles. The number of carboxylic acid groups (broad SMARTS) is 1. The van der Waals surface area contributed by atoms with Gasteiger partial charge in [0.25, 0.3) is 5.91 Å². The van der Waals surface area contributed by atoms with Gasteiger partial charge in [-0.1, -0.05) is 30.0 Å². The van der Waals surface area contributed by atoms with Gasteiger partial charge in [-0.25, -0.2) is 0 Å². The number of carbonyl (C=O) groups is 2. The number of hydrogen-bond donors (Lipinski definition) is 2. The van der Waals surface area contributed by atoms with E-state index in [-0.39, 0.29) is 17.7 Å². The number of rotatable bonds is 6. The lowest BCUT2D eigenvalue weighted by molar-refractivity contribution is -0.133. The van der Waals surface area contributed by atoms with Gasteiger partial charge in [0.15, 0.2) is 11.0 Å². The van der Waals surface area contributed by atoms with Gasteiger partial charge >= 0.3 is 5.97 Å². The van der Waals surface area contributed by atoms with Crippen molar-refractivity contribution in [3.8, 4) is 0 Å². The van der Waals surface area contributed by atoms with Gasteiger partial charge in [-0.2, -0.15) is 0 Å². The van der Waals surface area contributed by atoms with Crippen molar-refractivity contribution in [2.75, 3.05) is 5.75 Å². The summed E-state index contributed by atoms with van der Waals surface area (Å²) in [6.07, 6.45) is 0. The summed E-state index contributed by atoms with van der Waals surface area (Å²) in [5.41, 5.74) is 0.567. The van der Waals surface area contributed by atoms with Crippen LogP contribution in [0.15, 0.2) is 35.5 Å². The molecule has 0 aliphatic rings. The molecule has 0 fully saturated rings. The maximum absolute atomic E-state index is 12.1. The number of carbonyl (C=O) groups excluding carboxylic acids is 1. The number of nitrogens with one attached hydrogen (secondary N) is 1. The molecule has 0 saturated carbocycles. The summed E-state index contributed by atoms with van der Waals surface area (Å²) in [7, 11) is 1.74. The monoisotopic (exact) mass is 320 g/mol. The largest absolute Gasteiger partial charge is 0.481 e. The van der Waals surface area contributed by atoms with Crippen molar-refractivity contribution in [2.45, 2.75) is 18.1 Å². The third-order valence-electron chi connectivity index (χ3n) is 2.96. The Morgan fingerprint density at radius 3 is 2.64 bits per heavy atom. The van der Waals surface area contributed by atoms with Crippen molar-refractivity contribution in [1.82, 2.24) is 20.1 Å². The number of carboxylic acids is 1. The van der Waals surface area contributed by atoms with Crippen molar-refractivity contribution < 1.29 is 14.7 Å². The fourth-order valence-corrected chi connectivity index (χ4v) is 2.53. The van der Waals surface area contributed by atoms with Crippen LogP contribution in [0.25, 0.3) is 0 Å². The highest BCUT2D eigenvalue weighted by Gasteiger charge is 2.18. The number of hydrogen-bond acceptors (Lipinski definition) is 5. The lowest BCUT2D eigenvalue weighted by atomic mass is 10.2.